The van der Waals surface area contributed by atoms with Crippen molar-refractivity contribution in [3.63, 3.8) is 0 Å². The van der Waals surface area contributed by atoms with Crippen LogP contribution in [-0.4, -0.2) is 33.5 Å². The molecule has 6 nitrogen and oxygen atoms in total. The van der Waals surface area contributed by atoms with Gasteiger partial charge in [-0.1, -0.05) is 15.9 Å². The zero-order chi connectivity index (χ0) is 21.3. The minimum absolute atomic E-state index is 0.0914. The molecule has 0 fully saturated rings. The molecule has 156 valence electrons. The van der Waals surface area contributed by atoms with Crippen LogP contribution in [0.2, 0.25) is 0 Å². The minimum Gasteiger partial charge on any atom is -0.494 e. The molecule has 1 amide bonds. The van der Waals surface area contributed by atoms with Gasteiger partial charge in [-0.15, -0.1) is 0 Å². The lowest BCUT2D eigenvalue weighted by Crippen LogP contribution is -2.36. The highest BCUT2D eigenvalue weighted by Crippen LogP contribution is 2.41. The largest absolute Gasteiger partial charge is 0.494 e. The molecule has 0 saturated heterocycles. The molecule has 2 aromatic rings. The van der Waals surface area contributed by atoms with E-state index < -0.39 is 10.0 Å². The zero-order valence-electron chi connectivity index (χ0n) is 17.0. The van der Waals surface area contributed by atoms with Crippen LogP contribution in [0.4, 0.5) is 11.4 Å². The molecule has 2 aromatic carbocycles. The molecule has 0 radical (unpaired) electrons. The summed E-state index contributed by atoms with van der Waals surface area (Å²) in [4.78, 5) is 14.0. The van der Waals surface area contributed by atoms with Crippen LogP contribution in [-0.2, 0) is 21.2 Å². The number of nitrogens with zero attached hydrogens (tertiary/aromatic N) is 2. The lowest BCUT2D eigenvalue weighted by molar-refractivity contribution is -0.116. The lowest BCUT2D eigenvalue weighted by atomic mass is 10.1. The minimum atomic E-state index is -3.90. The Balaban J connectivity index is 2.13. The summed E-state index contributed by atoms with van der Waals surface area (Å²) in [6.07, 6.45) is 0.617. The van der Waals surface area contributed by atoms with Gasteiger partial charge in [0.25, 0.3) is 10.0 Å². The van der Waals surface area contributed by atoms with E-state index in [0.717, 1.165) is 5.56 Å². The Morgan fingerprint density at radius 2 is 1.90 bits per heavy atom. The first-order valence-electron chi connectivity index (χ1n) is 9.58. The van der Waals surface area contributed by atoms with E-state index in [1.54, 1.807) is 42.2 Å². The number of rotatable bonds is 6. The Labute approximate surface area is 180 Å². The quantitative estimate of drug-likeness (QED) is 0.615. The van der Waals surface area contributed by atoms with Gasteiger partial charge in [-0.2, -0.15) is 0 Å². The van der Waals surface area contributed by atoms with Gasteiger partial charge >= 0.3 is 0 Å². The van der Waals surface area contributed by atoms with Crippen molar-refractivity contribution in [3.8, 4) is 5.75 Å². The maximum atomic E-state index is 13.7. The van der Waals surface area contributed by atoms with Crippen molar-refractivity contribution < 1.29 is 17.9 Å². The number of ether oxygens (including phenoxy) is 1. The van der Waals surface area contributed by atoms with Crippen LogP contribution >= 0.6 is 15.9 Å². The van der Waals surface area contributed by atoms with Gasteiger partial charge in [0.15, 0.2) is 0 Å². The summed E-state index contributed by atoms with van der Waals surface area (Å²) in [6, 6.07) is 10.4. The van der Waals surface area contributed by atoms with Gasteiger partial charge in [-0.05, 0) is 69.2 Å². The average molecular weight is 481 g/mol. The molecule has 1 unspecified atom stereocenters. The first kappa shape index (κ1) is 21.6. The molecule has 0 spiro atoms. The summed E-state index contributed by atoms with van der Waals surface area (Å²) in [7, 11) is -3.90. The van der Waals surface area contributed by atoms with Crippen LogP contribution in [0.3, 0.4) is 0 Å². The van der Waals surface area contributed by atoms with E-state index in [1.807, 2.05) is 19.9 Å². The number of benzene rings is 2. The molecule has 0 N–H and O–H groups in total. The van der Waals surface area contributed by atoms with E-state index in [0.29, 0.717) is 34.6 Å². The maximum absolute atomic E-state index is 13.7. The van der Waals surface area contributed by atoms with Gasteiger partial charge in [0.05, 0.1) is 18.0 Å². The number of amides is 1. The first-order valence-corrected chi connectivity index (χ1v) is 11.8. The SMILES string of the molecule is CCOc1ccc(N(CC)S(=O)(=O)c2cc(Br)cc3c2N(C(C)=O)C(C)C3)cc1. The van der Waals surface area contributed by atoms with Gasteiger partial charge < -0.3 is 9.64 Å². The molecular formula is C21H25BrN2O4S. The summed E-state index contributed by atoms with van der Waals surface area (Å²) < 4.78 is 34.9. The molecule has 0 aliphatic carbocycles. The molecule has 1 heterocycles. The second kappa shape index (κ2) is 8.36. The maximum Gasteiger partial charge on any atom is 0.266 e. The van der Waals surface area contributed by atoms with Gasteiger partial charge in [-0.25, -0.2) is 8.42 Å². The van der Waals surface area contributed by atoms with E-state index in [9.17, 15) is 13.2 Å². The molecule has 0 aromatic heterocycles. The number of sulfonamides is 1. The fraction of sp³-hybridized carbons (Fsp3) is 0.381. The molecule has 0 bridgehead atoms. The second-order valence-corrected chi connectivity index (χ2v) is 9.70. The average Bonchev–Trinajstić information content (AvgIpc) is 2.98. The number of hydrogen-bond acceptors (Lipinski definition) is 4. The predicted octanol–water partition coefficient (Wildman–Crippen LogP) is 4.36. The number of halogens is 1. The Kier molecular flexibility index (Phi) is 6.24. The summed E-state index contributed by atoms with van der Waals surface area (Å²) in [5.41, 5.74) is 1.88. The topological polar surface area (TPSA) is 66.9 Å². The predicted molar refractivity (Wildman–Crippen MR) is 118 cm³/mol. The zero-order valence-corrected chi connectivity index (χ0v) is 19.4. The van der Waals surface area contributed by atoms with Crippen molar-refractivity contribution >= 4 is 43.2 Å². The molecule has 0 saturated carbocycles. The lowest BCUT2D eigenvalue weighted by Gasteiger charge is -2.27. The Bertz CT molecular complexity index is 1020. The highest BCUT2D eigenvalue weighted by molar-refractivity contribution is 9.10. The third-order valence-electron chi connectivity index (χ3n) is 4.95. The summed E-state index contributed by atoms with van der Waals surface area (Å²) in [6.45, 7) is 7.87. The number of hydrogen-bond donors (Lipinski definition) is 0. The molecule has 8 heteroatoms. The van der Waals surface area contributed by atoms with E-state index in [-0.39, 0.29) is 23.4 Å². The molecule has 1 aliphatic rings. The third-order valence-corrected chi connectivity index (χ3v) is 7.32. The van der Waals surface area contributed by atoms with Crippen molar-refractivity contribution in [3.05, 3.63) is 46.4 Å². The number of fused-ring (bicyclic) bond motifs is 1. The highest BCUT2D eigenvalue weighted by atomic mass is 79.9. The molecule has 29 heavy (non-hydrogen) atoms. The fourth-order valence-electron chi connectivity index (χ4n) is 3.84. The second-order valence-electron chi connectivity index (χ2n) is 6.95. The molecule has 1 atom stereocenters. The van der Waals surface area contributed by atoms with Gasteiger partial charge in [0.2, 0.25) is 5.91 Å². The number of anilines is 2. The summed E-state index contributed by atoms with van der Waals surface area (Å²) >= 11 is 3.44. The van der Waals surface area contributed by atoms with E-state index >= 15 is 0 Å². The normalized spacial score (nSPS) is 15.9. The standard InChI is InChI=1S/C21H25BrN2O4S/c1-5-23(18-7-9-19(10-8-18)28-6-2)29(26,27)20-13-17(22)12-16-11-14(3)24(15(4)25)21(16)20/h7-10,12-14H,5-6,11H2,1-4H3. The van der Waals surface area contributed by atoms with E-state index in [2.05, 4.69) is 15.9 Å². The van der Waals surface area contributed by atoms with E-state index in [4.69, 9.17) is 4.74 Å². The van der Waals surface area contributed by atoms with Gasteiger partial charge in [0.1, 0.15) is 10.6 Å². The Morgan fingerprint density at radius 1 is 1.24 bits per heavy atom. The van der Waals surface area contributed by atoms with Gasteiger partial charge in [0, 0.05) is 24.0 Å². The van der Waals surface area contributed by atoms with Crippen molar-refractivity contribution in [1.82, 2.24) is 0 Å². The van der Waals surface area contributed by atoms with Crippen molar-refractivity contribution in [2.45, 2.75) is 45.1 Å². The van der Waals surface area contributed by atoms with Crippen LogP contribution < -0.4 is 13.9 Å². The van der Waals surface area contributed by atoms with Crippen LogP contribution in [0, 0.1) is 0 Å². The molecule has 3 rings (SSSR count). The fourth-order valence-corrected chi connectivity index (χ4v) is 6.22. The summed E-state index contributed by atoms with van der Waals surface area (Å²) in [5, 5.41) is 0. The Hall–Kier alpha value is -2.06. The van der Waals surface area contributed by atoms with Crippen LogP contribution in [0.15, 0.2) is 45.8 Å². The smallest absolute Gasteiger partial charge is 0.266 e. The first-order chi connectivity index (χ1) is 13.7. The van der Waals surface area contributed by atoms with Crippen LogP contribution in [0.1, 0.15) is 33.3 Å². The monoisotopic (exact) mass is 480 g/mol. The van der Waals surface area contributed by atoms with E-state index in [1.165, 1.54) is 11.2 Å². The number of carbonyl (C=O) groups excluding carboxylic acids is 1. The molecule has 1 aliphatic heterocycles. The van der Waals surface area contributed by atoms with Crippen LogP contribution in [0.5, 0.6) is 5.75 Å². The van der Waals surface area contributed by atoms with Crippen molar-refractivity contribution in [1.29, 1.82) is 0 Å². The Morgan fingerprint density at radius 3 is 2.45 bits per heavy atom. The number of carbonyl (C=O) groups is 1. The third kappa shape index (κ3) is 4.00. The highest BCUT2D eigenvalue weighted by Gasteiger charge is 2.37. The molecular weight excluding hydrogens is 456 g/mol. The van der Waals surface area contributed by atoms with Crippen molar-refractivity contribution in [2.24, 2.45) is 0 Å². The van der Waals surface area contributed by atoms with Crippen molar-refractivity contribution in [2.75, 3.05) is 22.4 Å². The van der Waals surface area contributed by atoms with Crippen LogP contribution in [0.25, 0.3) is 0 Å². The summed E-state index contributed by atoms with van der Waals surface area (Å²) in [5.74, 6) is 0.517. The van der Waals surface area contributed by atoms with Gasteiger partial charge in [-0.3, -0.25) is 9.10 Å².